The molecular weight excluding hydrogens is 328 g/mol. The van der Waals surface area contributed by atoms with Gasteiger partial charge in [0, 0.05) is 37.8 Å². The molecular formula is C17H17ClN4O2. The van der Waals surface area contributed by atoms with Crippen molar-refractivity contribution >= 4 is 34.1 Å². The number of halogens is 1. The second kappa shape index (κ2) is 6.63. The second-order valence-electron chi connectivity index (χ2n) is 5.76. The third-order valence-electron chi connectivity index (χ3n) is 4.21. The summed E-state index contributed by atoms with van der Waals surface area (Å²) in [5, 5.41) is 20.3. The van der Waals surface area contributed by atoms with Crippen molar-refractivity contribution in [1.29, 1.82) is 5.26 Å². The van der Waals surface area contributed by atoms with E-state index < -0.39 is 6.10 Å². The van der Waals surface area contributed by atoms with Crippen LogP contribution in [0.3, 0.4) is 0 Å². The van der Waals surface area contributed by atoms with Crippen LogP contribution < -0.4 is 4.90 Å². The molecule has 3 rings (SSSR count). The van der Waals surface area contributed by atoms with Gasteiger partial charge in [-0.2, -0.15) is 5.26 Å². The maximum absolute atomic E-state index is 11.9. The summed E-state index contributed by atoms with van der Waals surface area (Å²) in [5.41, 5.74) is 1.95. The van der Waals surface area contributed by atoms with Crippen LogP contribution in [-0.4, -0.2) is 53.2 Å². The van der Waals surface area contributed by atoms with Crippen LogP contribution in [0.15, 0.2) is 24.4 Å². The lowest BCUT2D eigenvalue weighted by atomic mass is 10.1. The number of piperazine rings is 1. The molecule has 124 valence electrons. The molecule has 1 N–H and O–H groups in total. The molecule has 1 saturated heterocycles. The molecule has 0 aliphatic carbocycles. The van der Waals surface area contributed by atoms with Gasteiger partial charge in [-0.25, -0.2) is 0 Å². The first-order chi connectivity index (χ1) is 11.5. The van der Waals surface area contributed by atoms with Gasteiger partial charge in [-0.1, -0.05) is 23.7 Å². The van der Waals surface area contributed by atoms with Crippen LogP contribution in [-0.2, 0) is 4.79 Å². The summed E-state index contributed by atoms with van der Waals surface area (Å²) in [6.45, 7) is 3.64. The first-order valence-electron chi connectivity index (χ1n) is 7.72. The predicted octanol–water partition coefficient (Wildman–Crippen LogP) is 1.79. The van der Waals surface area contributed by atoms with E-state index in [0.29, 0.717) is 42.3 Å². The van der Waals surface area contributed by atoms with Crippen LogP contribution in [0.5, 0.6) is 0 Å². The number of hydrogen-bond donors (Lipinski definition) is 1. The van der Waals surface area contributed by atoms with Gasteiger partial charge < -0.3 is 14.9 Å². The Balaban J connectivity index is 1.95. The second-order valence-corrected chi connectivity index (χ2v) is 6.16. The van der Waals surface area contributed by atoms with Gasteiger partial charge >= 0.3 is 0 Å². The van der Waals surface area contributed by atoms with Gasteiger partial charge in [0.25, 0.3) is 5.91 Å². The summed E-state index contributed by atoms with van der Waals surface area (Å²) in [7, 11) is 0. The molecule has 2 aromatic rings. The molecule has 0 radical (unpaired) electrons. The zero-order valence-corrected chi connectivity index (χ0v) is 14.0. The molecule has 24 heavy (non-hydrogen) atoms. The first-order valence-corrected chi connectivity index (χ1v) is 8.10. The number of aliphatic hydroxyl groups is 1. The number of nitrogens with zero attached hydrogens (tertiary/aromatic N) is 4. The van der Waals surface area contributed by atoms with Gasteiger partial charge in [-0.05, 0) is 13.0 Å². The van der Waals surface area contributed by atoms with Crippen LogP contribution in [0, 0.1) is 11.3 Å². The van der Waals surface area contributed by atoms with Crippen molar-refractivity contribution in [3.8, 4) is 6.07 Å². The summed E-state index contributed by atoms with van der Waals surface area (Å²) in [5.74, 6) is -0.266. The van der Waals surface area contributed by atoms with E-state index in [4.69, 9.17) is 11.6 Å². The van der Waals surface area contributed by atoms with Crippen molar-refractivity contribution in [3.63, 3.8) is 0 Å². The summed E-state index contributed by atoms with van der Waals surface area (Å²) in [6, 6.07) is 7.70. The number of carbonyl (C=O) groups is 1. The zero-order chi connectivity index (χ0) is 17.3. The van der Waals surface area contributed by atoms with Crippen molar-refractivity contribution in [1.82, 2.24) is 9.88 Å². The molecule has 1 amide bonds. The van der Waals surface area contributed by atoms with E-state index in [1.807, 2.05) is 12.1 Å². The Morgan fingerprint density at radius 2 is 2.08 bits per heavy atom. The number of nitriles is 1. The SMILES string of the molecule is C[C@H](O)C(=O)N1CCN(c2c(C#N)cnc3c(Cl)cccc23)CC1. The van der Waals surface area contributed by atoms with Crippen molar-refractivity contribution in [3.05, 3.63) is 35.0 Å². The van der Waals surface area contributed by atoms with Gasteiger partial charge in [0.15, 0.2) is 0 Å². The van der Waals surface area contributed by atoms with Crippen LogP contribution >= 0.6 is 11.6 Å². The molecule has 0 unspecified atom stereocenters. The lowest BCUT2D eigenvalue weighted by molar-refractivity contribution is -0.139. The summed E-state index contributed by atoms with van der Waals surface area (Å²) < 4.78 is 0. The van der Waals surface area contributed by atoms with Crippen LogP contribution in [0.2, 0.25) is 5.02 Å². The normalized spacial score (nSPS) is 16.1. The molecule has 6 nitrogen and oxygen atoms in total. The summed E-state index contributed by atoms with van der Waals surface area (Å²) in [6.07, 6.45) is 0.545. The lowest BCUT2D eigenvalue weighted by Crippen LogP contribution is -2.51. The number of aromatic nitrogens is 1. The smallest absolute Gasteiger partial charge is 0.251 e. The quantitative estimate of drug-likeness (QED) is 0.898. The number of fused-ring (bicyclic) bond motifs is 1. The summed E-state index contributed by atoms with van der Waals surface area (Å²) >= 11 is 6.22. The highest BCUT2D eigenvalue weighted by Crippen LogP contribution is 2.33. The number of aliphatic hydroxyl groups excluding tert-OH is 1. The van der Waals surface area contributed by atoms with E-state index in [2.05, 4.69) is 16.0 Å². The highest BCUT2D eigenvalue weighted by atomic mass is 35.5. The zero-order valence-electron chi connectivity index (χ0n) is 13.2. The van der Waals surface area contributed by atoms with Gasteiger partial charge in [-0.15, -0.1) is 0 Å². The Hall–Kier alpha value is -2.36. The highest BCUT2D eigenvalue weighted by Gasteiger charge is 2.26. The van der Waals surface area contributed by atoms with Crippen molar-refractivity contribution in [2.75, 3.05) is 31.1 Å². The van der Waals surface area contributed by atoms with Crippen LogP contribution in [0.25, 0.3) is 10.9 Å². The molecule has 1 aliphatic rings. The molecule has 2 heterocycles. The molecule has 7 heteroatoms. The monoisotopic (exact) mass is 344 g/mol. The molecule has 1 atom stereocenters. The first kappa shape index (κ1) is 16.5. The Morgan fingerprint density at radius 1 is 1.38 bits per heavy atom. The molecule has 0 spiro atoms. The minimum absolute atomic E-state index is 0.266. The fourth-order valence-electron chi connectivity index (χ4n) is 3.01. The fraction of sp³-hybridized carbons (Fsp3) is 0.353. The Kier molecular flexibility index (Phi) is 4.56. The van der Waals surface area contributed by atoms with Crippen LogP contribution in [0.4, 0.5) is 5.69 Å². The highest BCUT2D eigenvalue weighted by molar-refractivity contribution is 6.35. The van der Waals surface area contributed by atoms with E-state index in [1.165, 1.54) is 13.1 Å². The van der Waals surface area contributed by atoms with Crippen molar-refractivity contribution < 1.29 is 9.90 Å². The summed E-state index contributed by atoms with van der Waals surface area (Å²) in [4.78, 5) is 19.9. The van der Waals surface area contributed by atoms with Crippen LogP contribution in [0.1, 0.15) is 12.5 Å². The van der Waals surface area contributed by atoms with E-state index in [-0.39, 0.29) is 5.91 Å². The number of pyridine rings is 1. The molecule has 1 aromatic heterocycles. The fourth-order valence-corrected chi connectivity index (χ4v) is 3.23. The minimum Gasteiger partial charge on any atom is -0.384 e. The van der Waals surface area contributed by atoms with E-state index in [9.17, 15) is 15.2 Å². The van der Waals surface area contributed by atoms with E-state index in [0.717, 1.165) is 11.1 Å². The number of amides is 1. The van der Waals surface area contributed by atoms with E-state index >= 15 is 0 Å². The Morgan fingerprint density at radius 3 is 2.71 bits per heavy atom. The Labute approximate surface area is 144 Å². The Bertz CT molecular complexity index is 823. The number of carbonyl (C=O) groups excluding carboxylic acids is 1. The molecule has 1 aromatic carbocycles. The molecule has 0 saturated carbocycles. The minimum atomic E-state index is -0.994. The largest absolute Gasteiger partial charge is 0.384 e. The lowest BCUT2D eigenvalue weighted by Gasteiger charge is -2.37. The van der Waals surface area contributed by atoms with Crippen molar-refractivity contribution in [2.45, 2.75) is 13.0 Å². The van der Waals surface area contributed by atoms with Gasteiger partial charge in [0.2, 0.25) is 0 Å². The topological polar surface area (TPSA) is 80.5 Å². The van der Waals surface area contributed by atoms with Gasteiger partial charge in [0.1, 0.15) is 12.2 Å². The van der Waals surface area contributed by atoms with E-state index in [1.54, 1.807) is 11.0 Å². The number of rotatable bonds is 2. The standard InChI is InChI=1S/C17H17ClN4O2/c1-11(23)17(24)22-7-5-21(6-8-22)16-12(9-19)10-20-15-13(16)3-2-4-14(15)18/h2-4,10-11,23H,5-8H2,1H3/t11-/m0/s1. The third-order valence-corrected chi connectivity index (χ3v) is 4.51. The number of anilines is 1. The van der Waals surface area contributed by atoms with Gasteiger partial charge in [-0.3, -0.25) is 9.78 Å². The third kappa shape index (κ3) is 2.88. The average Bonchev–Trinajstić information content (AvgIpc) is 2.60. The number of benzene rings is 1. The molecule has 1 aliphatic heterocycles. The number of hydrogen-bond acceptors (Lipinski definition) is 5. The molecule has 1 fully saturated rings. The molecule has 0 bridgehead atoms. The number of para-hydroxylation sites is 1. The average molecular weight is 345 g/mol. The predicted molar refractivity (Wildman–Crippen MR) is 91.9 cm³/mol. The maximum atomic E-state index is 11.9. The maximum Gasteiger partial charge on any atom is 0.251 e. The van der Waals surface area contributed by atoms with Gasteiger partial charge in [0.05, 0.1) is 21.8 Å². The van der Waals surface area contributed by atoms with Crippen molar-refractivity contribution in [2.24, 2.45) is 0 Å².